The van der Waals surface area contributed by atoms with Crippen molar-refractivity contribution in [3.63, 3.8) is 0 Å². The van der Waals surface area contributed by atoms with Crippen LogP contribution in [0.2, 0.25) is 0 Å². The van der Waals surface area contributed by atoms with Crippen LogP contribution in [0.1, 0.15) is 11.5 Å². The molecule has 3 nitrogen and oxygen atoms in total. The zero-order valence-electron chi connectivity index (χ0n) is 11.3. The Bertz CT molecular complexity index is 703. The Balaban J connectivity index is 1.76. The molecule has 1 N–H and O–H groups in total. The molecule has 2 heterocycles. The number of thioether (sulfide) groups is 1. The van der Waals surface area contributed by atoms with Crippen LogP contribution < -0.4 is 5.32 Å². The molecule has 0 aliphatic carbocycles. The number of hydrogen-bond donors (Lipinski definition) is 1. The lowest BCUT2D eigenvalue weighted by Crippen LogP contribution is -1.98. The summed E-state index contributed by atoms with van der Waals surface area (Å²) in [6, 6.07) is 12.3. The van der Waals surface area contributed by atoms with Crippen LogP contribution >= 0.6 is 11.8 Å². The van der Waals surface area contributed by atoms with E-state index in [1.165, 1.54) is 5.39 Å². The van der Waals surface area contributed by atoms with E-state index in [0.717, 1.165) is 28.3 Å². The molecule has 0 radical (unpaired) electrons. The van der Waals surface area contributed by atoms with Crippen LogP contribution in [-0.2, 0) is 12.3 Å². The summed E-state index contributed by atoms with van der Waals surface area (Å²) in [5, 5.41) is 5.75. The second kappa shape index (κ2) is 6.01. The van der Waals surface area contributed by atoms with Crippen LogP contribution in [0, 0.1) is 0 Å². The number of nitrogens with zero attached hydrogens (tertiary/aromatic N) is 1. The molecular weight excluding hydrogens is 268 g/mol. The summed E-state index contributed by atoms with van der Waals surface area (Å²) < 4.78 is 5.76. The average Bonchev–Trinajstić information content (AvgIpc) is 2.93. The molecule has 4 heteroatoms. The summed E-state index contributed by atoms with van der Waals surface area (Å²) in [5.74, 6) is 2.90. The Hall–Kier alpha value is -1.94. The Morgan fingerprint density at radius 1 is 1.15 bits per heavy atom. The smallest absolute Gasteiger partial charge is 0.123 e. The fourth-order valence-electron chi connectivity index (χ4n) is 2.20. The van der Waals surface area contributed by atoms with E-state index >= 15 is 0 Å². The predicted octanol–water partition coefficient (Wildman–Crippen LogP) is 4.30. The molecular formula is C16H16N2OS. The first-order valence-electron chi connectivity index (χ1n) is 6.50. The molecule has 3 aromatic rings. The second-order valence-electron chi connectivity index (χ2n) is 4.56. The standard InChI is InChI=1S/C16H16N2OS/c1-20-11-14-6-5-13(19-14)10-18-16-4-2-3-12-9-17-8-7-15(12)16/h2-9,18H,10-11H2,1H3. The summed E-state index contributed by atoms with van der Waals surface area (Å²) in [7, 11) is 0. The van der Waals surface area contributed by atoms with Crippen molar-refractivity contribution in [2.75, 3.05) is 11.6 Å². The Labute approximate surface area is 122 Å². The third-order valence-corrected chi connectivity index (χ3v) is 3.71. The minimum atomic E-state index is 0.690. The van der Waals surface area contributed by atoms with Crippen molar-refractivity contribution in [3.05, 3.63) is 60.3 Å². The number of benzene rings is 1. The van der Waals surface area contributed by atoms with Gasteiger partial charge >= 0.3 is 0 Å². The van der Waals surface area contributed by atoms with Crippen molar-refractivity contribution < 1.29 is 4.42 Å². The van der Waals surface area contributed by atoms with Gasteiger partial charge in [-0.2, -0.15) is 11.8 Å². The maximum atomic E-state index is 5.76. The minimum Gasteiger partial charge on any atom is -0.463 e. The molecule has 0 bridgehead atoms. The summed E-state index contributed by atoms with van der Waals surface area (Å²) in [4.78, 5) is 4.15. The SMILES string of the molecule is CSCc1ccc(CNc2cccc3cnccc23)o1. The highest BCUT2D eigenvalue weighted by molar-refractivity contribution is 7.97. The van der Waals surface area contributed by atoms with Gasteiger partial charge in [0.05, 0.1) is 12.3 Å². The molecule has 0 atom stereocenters. The van der Waals surface area contributed by atoms with Crippen LogP contribution in [0.4, 0.5) is 5.69 Å². The molecule has 3 rings (SSSR count). The zero-order valence-corrected chi connectivity index (χ0v) is 12.1. The molecule has 0 aliphatic heterocycles. The van der Waals surface area contributed by atoms with Gasteiger partial charge in [-0.1, -0.05) is 12.1 Å². The summed E-state index contributed by atoms with van der Waals surface area (Å²) in [5.41, 5.74) is 1.10. The number of furan rings is 1. The number of nitrogens with one attached hydrogen (secondary N) is 1. The highest BCUT2D eigenvalue weighted by Gasteiger charge is 2.03. The number of rotatable bonds is 5. The maximum Gasteiger partial charge on any atom is 0.123 e. The fraction of sp³-hybridized carbons (Fsp3) is 0.188. The van der Waals surface area contributed by atoms with Gasteiger partial charge in [-0.05, 0) is 30.5 Å². The summed E-state index contributed by atoms with van der Waals surface area (Å²) in [6.45, 7) is 0.690. The van der Waals surface area contributed by atoms with Gasteiger partial charge in [0.25, 0.3) is 0 Å². The van der Waals surface area contributed by atoms with Gasteiger partial charge in [-0.15, -0.1) is 0 Å². The molecule has 1 aromatic carbocycles. The molecule has 0 saturated heterocycles. The van der Waals surface area contributed by atoms with Gasteiger partial charge in [0.1, 0.15) is 11.5 Å². The third kappa shape index (κ3) is 2.80. The predicted molar refractivity (Wildman–Crippen MR) is 85.0 cm³/mol. The molecule has 0 aliphatic rings. The Morgan fingerprint density at radius 2 is 2.05 bits per heavy atom. The van der Waals surface area contributed by atoms with Gasteiger partial charge in [0.15, 0.2) is 0 Å². The molecule has 102 valence electrons. The first-order chi connectivity index (χ1) is 9.86. The first-order valence-corrected chi connectivity index (χ1v) is 7.89. The Morgan fingerprint density at radius 3 is 2.95 bits per heavy atom. The topological polar surface area (TPSA) is 38.1 Å². The van der Waals surface area contributed by atoms with Gasteiger partial charge in [0, 0.05) is 28.9 Å². The van der Waals surface area contributed by atoms with Crippen molar-refractivity contribution in [3.8, 4) is 0 Å². The van der Waals surface area contributed by atoms with Crippen molar-refractivity contribution in [1.29, 1.82) is 0 Å². The quantitative estimate of drug-likeness (QED) is 0.758. The van der Waals surface area contributed by atoms with E-state index in [1.54, 1.807) is 11.8 Å². The molecule has 0 unspecified atom stereocenters. The third-order valence-electron chi connectivity index (χ3n) is 3.14. The van der Waals surface area contributed by atoms with Crippen molar-refractivity contribution in [2.24, 2.45) is 0 Å². The van der Waals surface area contributed by atoms with E-state index in [4.69, 9.17) is 4.42 Å². The summed E-state index contributed by atoms with van der Waals surface area (Å²) >= 11 is 1.76. The lowest BCUT2D eigenvalue weighted by atomic mass is 10.1. The van der Waals surface area contributed by atoms with Crippen molar-refractivity contribution in [2.45, 2.75) is 12.3 Å². The number of aromatic nitrogens is 1. The van der Waals surface area contributed by atoms with Crippen LogP contribution in [0.3, 0.4) is 0 Å². The minimum absolute atomic E-state index is 0.690. The van der Waals surface area contributed by atoms with Crippen LogP contribution in [0.25, 0.3) is 10.8 Å². The summed E-state index contributed by atoms with van der Waals surface area (Å²) in [6.07, 6.45) is 5.77. The monoisotopic (exact) mass is 284 g/mol. The average molecular weight is 284 g/mol. The Kier molecular flexibility index (Phi) is 3.92. The molecule has 0 amide bonds. The van der Waals surface area contributed by atoms with E-state index in [-0.39, 0.29) is 0 Å². The highest BCUT2D eigenvalue weighted by atomic mass is 32.2. The molecule has 0 spiro atoms. The number of fused-ring (bicyclic) bond motifs is 1. The van der Waals surface area contributed by atoms with Gasteiger partial charge < -0.3 is 9.73 Å². The second-order valence-corrected chi connectivity index (χ2v) is 5.42. The van der Waals surface area contributed by atoms with Crippen LogP contribution in [0.5, 0.6) is 0 Å². The number of anilines is 1. The molecule has 0 fully saturated rings. The largest absolute Gasteiger partial charge is 0.463 e. The van der Waals surface area contributed by atoms with Crippen molar-refractivity contribution >= 4 is 28.2 Å². The van der Waals surface area contributed by atoms with E-state index in [2.05, 4.69) is 28.7 Å². The zero-order chi connectivity index (χ0) is 13.8. The maximum absolute atomic E-state index is 5.76. The normalized spacial score (nSPS) is 10.8. The van der Waals surface area contributed by atoms with Gasteiger partial charge in [-0.25, -0.2) is 0 Å². The lowest BCUT2D eigenvalue weighted by molar-refractivity contribution is 0.487. The molecule has 2 aromatic heterocycles. The molecule has 0 saturated carbocycles. The highest BCUT2D eigenvalue weighted by Crippen LogP contribution is 2.23. The fourth-order valence-corrected chi connectivity index (χ4v) is 2.64. The van der Waals surface area contributed by atoms with Crippen LogP contribution in [-0.4, -0.2) is 11.2 Å². The van der Waals surface area contributed by atoms with Gasteiger partial charge in [0.2, 0.25) is 0 Å². The van der Waals surface area contributed by atoms with E-state index in [9.17, 15) is 0 Å². The van der Waals surface area contributed by atoms with Crippen LogP contribution in [0.15, 0.2) is 53.2 Å². The molecule has 20 heavy (non-hydrogen) atoms. The lowest BCUT2D eigenvalue weighted by Gasteiger charge is -2.08. The number of hydrogen-bond acceptors (Lipinski definition) is 4. The van der Waals surface area contributed by atoms with E-state index in [0.29, 0.717) is 6.54 Å². The number of pyridine rings is 1. The van der Waals surface area contributed by atoms with E-state index in [1.807, 2.05) is 36.7 Å². The van der Waals surface area contributed by atoms with E-state index < -0.39 is 0 Å². The van der Waals surface area contributed by atoms with Gasteiger partial charge in [-0.3, -0.25) is 4.98 Å². The van der Waals surface area contributed by atoms with Crippen molar-refractivity contribution in [1.82, 2.24) is 4.98 Å². The first kappa shape index (κ1) is 13.1.